The smallest absolute Gasteiger partial charge is 0.423 e. The van der Waals surface area contributed by atoms with Crippen LogP contribution >= 0.6 is 11.6 Å². The van der Waals surface area contributed by atoms with E-state index in [9.17, 15) is 15.0 Å². The van der Waals surface area contributed by atoms with E-state index in [-0.39, 0.29) is 18.4 Å². The summed E-state index contributed by atoms with van der Waals surface area (Å²) in [7, 11) is 0. The van der Waals surface area contributed by atoms with Crippen LogP contribution in [0.1, 0.15) is 6.92 Å². The lowest BCUT2D eigenvalue weighted by atomic mass is 10.1. The number of halogens is 1. The molecule has 0 unspecified atom stereocenters. The van der Waals surface area contributed by atoms with Crippen molar-refractivity contribution < 1.29 is 19.7 Å². The van der Waals surface area contributed by atoms with Crippen molar-refractivity contribution in [2.45, 2.75) is 6.92 Å². The van der Waals surface area contributed by atoms with E-state index in [1.165, 1.54) is 6.07 Å². The van der Waals surface area contributed by atoms with Gasteiger partial charge < -0.3 is 14.9 Å². The maximum absolute atomic E-state index is 11.6. The van der Waals surface area contributed by atoms with E-state index >= 15 is 0 Å². The third-order valence-electron chi connectivity index (χ3n) is 2.56. The first-order chi connectivity index (χ1) is 9.04. The van der Waals surface area contributed by atoms with Crippen molar-refractivity contribution >= 4 is 17.7 Å². The van der Waals surface area contributed by atoms with E-state index in [1.54, 1.807) is 31.2 Å². The molecule has 1 heterocycles. The van der Waals surface area contributed by atoms with Gasteiger partial charge in [-0.05, 0) is 24.6 Å². The lowest BCUT2D eigenvalue weighted by Crippen LogP contribution is -2.12. The highest BCUT2D eigenvalue weighted by molar-refractivity contribution is 6.30. The number of ether oxygens (including phenoxy) is 1. The molecule has 0 fully saturated rings. The van der Waals surface area contributed by atoms with Crippen LogP contribution in [0.2, 0.25) is 5.02 Å². The van der Waals surface area contributed by atoms with Crippen molar-refractivity contribution in [3.05, 3.63) is 35.4 Å². The van der Waals surface area contributed by atoms with Crippen LogP contribution in [0.25, 0.3) is 11.1 Å². The van der Waals surface area contributed by atoms with Crippen molar-refractivity contribution in [1.82, 2.24) is 4.57 Å². The number of aromatic hydroxyl groups is 2. The summed E-state index contributed by atoms with van der Waals surface area (Å²) in [6.07, 6.45) is -0.835. The van der Waals surface area contributed by atoms with Crippen molar-refractivity contribution in [3.8, 4) is 22.9 Å². The molecule has 5 nitrogen and oxygen atoms in total. The molecule has 0 saturated heterocycles. The molecule has 0 amide bonds. The van der Waals surface area contributed by atoms with Crippen LogP contribution in [0, 0.1) is 0 Å². The second-order valence-electron chi connectivity index (χ2n) is 3.78. The number of carbonyl (C=O) groups is 1. The summed E-state index contributed by atoms with van der Waals surface area (Å²) >= 11 is 5.78. The zero-order valence-corrected chi connectivity index (χ0v) is 10.9. The summed E-state index contributed by atoms with van der Waals surface area (Å²) in [5, 5.41) is 20.3. The third-order valence-corrected chi connectivity index (χ3v) is 2.81. The monoisotopic (exact) mass is 281 g/mol. The van der Waals surface area contributed by atoms with Crippen LogP contribution in [0.3, 0.4) is 0 Å². The molecule has 0 atom stereocenters. The van der Waals surface area contributed by atoms with Gasteiger partial charge in [-0.2, -0.15) is 4.57 Å². The summed E-state index contributed by atoms with van der Waals surface area (Å²) < 4.78 is 5.44. The summed E-state index contributed by atoms with van der Waals surface area (Å²) in [6.45, 7) is 1.78. The van der Waals surface area contributed by atoms with Gasteiger partial charge in [0.1, 0.15) is 0 Å². The standard InChI is InChI=1S/C13H12ClNO4/c1-2-19-13(18)15-11(16)7-10(12(15)17)8-3-5-9(14)6-4-8/h3-7,16-17H,2H2,1H3. The molecule has 2 N–H and O–H groups in total. The van der Waals surface area contributed by atoms with Gasteiger partial charge in [-0.25, -0.2) is 4.79 Å². The Morgan fingerprint density at radius 3 is 2.53 bits per heavy atom. The molecule has 0 radical (unpaired) electrons. The van der Waals surface area contributed by atoms with Gasteiger partial charge >= 0.3 is 6.09 Å². The van der Waals surface area contributed by atoms with Crippen molar-refractivity contribution in [1.29, 1.82) is 0 Å². The zero-order chi connectivity index (χ0) is 14.0. The van der Waals surface area contributed by atoms with Crippen molar-refractivity contribution in [2.75, 3.05) is 6.61 Å². The largest absolute Gasteiger partial charge is 0.494 e. The molecular weight excluding hydrogens is 270 g/mol. The third kappa shape index (κ3) is 2.51. The molecule has 0 aliphatic rings. The van der Waals surface area contributed by atoms with Gasteiger partial charge in [0, 0.05) is 16.7 Å². The molecule has 1 aromatic heterocycles. The van der Waals surface area contributed by atoms with Gasteiger partial charge in [0.2, 0.25) is 11.8 Å². The Morgan fingerprint density at radius 1 is 1.32 bits per heavy atom. The van der Waals surface area contributed by atoms with Gasteiger partial charge in [-0.1, -0.05) is 23.7 Å². The Hall–Kier alpha value is -2.14. The van der Waals surface area contributed by atoms with E-state index < -0.39 is 6.09 Å². The number of benzene rings is 1. The lowest BCUT2D eigenvalue weighted by Gasteiger charge is -2.05. The minimum Gasteiger partial charge on any atom is -0.494 e. The average Bonchev–Trinajstić information content (AvgIpc) is 2.66. The van der Waals surface area contributed by atoms with Crippen LogP contribution in [0.15, 0.2) is 30.3 Å². The molecule has 19 heavy (non-hydrogen) atoms. The summed E-state index contributed by atoms with van der Waals surface area (Å²) in [5.74, 6) is -0.765. The van der Waals surface area contributed by atoms with Gasteiger partial charge in [-0.15, -0.1) is 0 Å². The van der Waals surface area contributed by atoms with Crippen molar-refractivity contribution in [2.24, 2.45) is 0 Å². The Morgan fingerprint density at radius 2 is 1.95 bits per heavy atom. The second kappa shape index (κ2) is 5.24. The highest BCUT2D eigenvalue weighted by Crippen LogP contribution is 2.36. The first kappa shape index (κ1) is 13.3. The molecule has 0 spiro atoms. The number of rotatable bonds is 2. The molecular formula is C13H12ClNO4. The van der Waals surface area contributed by atoms with E-state index in [0.29, 0.717) is 20.7 Å². The Labute approximate surface area is 114 Å². The minimum absolute atomic E-state index is 0.145. The first-order valence-corrected chi connectivity index (χ1v) is 5.99. The van der Waals surface area contributed by atoms with Gasteiger partial charge in [0.05, 0.1) is 6.61 Å². The fourth-order valence-corrected chi connectivity index (χ4v) is 1.82. The highest BCUT2D eigenvalue weighted by atomic mass is 35.5. The zero-order valence-electron chi connectivity index (χ0n) is 10.1. The van der Waals surface area contributed by atoms with Crippen LogP contribution < -0.4 is 0 Å². The van der Waals surface area contributed by atoms with E-state index in [2.05, 4.69) is 0 Å². The average molecular weight is 282 g/mol. The van der Waals surface area contributed by atoms with E-state index in [1.807, 2.05) is 0 Å². The van der Waals surface area contributed by atoms with Gasteiger partial charge in [0.25, 0.3) is 0 Å². The van der Waals surface area contributed by atoms with Gasteiger partial charge in [0.15, 0.2) is 0 Å². The van der Waals surface area contributed by atoms with Crippen LogP contribution in [0.5, 0.6) is 11.8 Å². The normalized spacial score (nSPS) is 10.4. The summed E-state index contributed by atoms with van der Waals surface area (Å²) in [6, 6.07) is 7.93. The van der Waals surface area contributed by atoms with Crippen LogP contribution in [-0.4, -0.2) is 27.5 Å². The molecule has 0 saturated carbocycles. The molecule has 100 valence electrons. The number of carbonyl (C=O) groups excluding carboxylic acids is 1. The fraction of sp³-hybridized carbons (Fsp3) is 0.154. The number of hydrogen-bond acceptors (Lipinski definition) is 4. The quantitative estimate of drug-likeness (QED) is 0.886. The summed E-state index contributed by atoms with van der Waals surface area (Å²) in [5.41, 5.74) is 0.947. The molecule has 0 aliphatic heterocycles. The molecule has 1 aromatic carbocycles. The van der Waals surface area contributed by atoms with Crippen LogP contribution in [0.4, 0.5) is 4.79 Å². The maximum Gasteiger partial charge on any atom is 0.423 e. The first-order valence-electron chi connectivity index (χ1n) is 5.61. The molecule has 6 heteroatoms. The predicted molar refractivity (Wildman–Crippen MR) is 70.6 cm³/mol. The van der Waals surface area contributed by atoms with Crippen LogP contribution in [-0.2, 0) is 4.74 Å². The Balaban J connectivity index is 2.46. The second-order valence-corrected chi connectivity index (χ2v) is 4.22. The Bertz CT molecular complexity index is 604. The molecule has 0 aliphatic carbocycles. The minimum atomic E-state index is -0.835. The Kier molecular flexibility index (Phi) is 3.66. The molecule has 0 bridgehead atoms. The van der Waals surface area contributed by atoms with Crippen molar-refractivity contribution in [3.63, 3.8) is 0 Å². The van der Waals surface area contributed by atoms with E-state index in [0.717, 1.165) is 0 Å². The number of hydrogen-bond donors (Lipinski definition) is 2. The summed E-state index contributed by atoms with van der Waals surface area (Å²) in [4.78, 5) is 11.6. The topological polar surface area (TPSA) is 71.7 Å². The molecule has 2 rings (SSSR count). The predicted octanol–water partition coefficient (Wildman–Crippen LogP) is 3.22. The SMILES string of the molecule is CCOC(=O)n1c(O)cc(-c2ccc(Cl)cc2)c1O. The van der Waals surface area contributed by atoms with E-state index in [4.69, 9.17) is 16.3 Å². The number of aromatic nitrogens is 1. The molecule has 2 aromatic rings. The highest BCUT2D eigenvalue weighted by Gasteiger charge is 2.21. The van der Waals surface area contributed by atoms with Gasteiger partial charge in [-0.3, -0.25) is 0 Å². The lowest BCUT2D eigenvalue weighted by molar-refractivity contribution is 0.148. The maximum atomic E-state index is 11.6. The fourth-order valence-electron chi connectivity index (χ4n) is 1.70. The number of nitrogens with zero attached hydrogens (tertiary/aromatic N) is 1.